The standard InChI is InChI=1S/C22H34O6/c1-2-3-8-12-18(24)21-16-19(25)20(28-21)15-14-17(23)11-9-6-4-5-7-10-13-22(26)27/h3,5-9,14-15,17-21,23-25H,2,4,10-13,16H2,1H3,(H,26,27)/b7-5-,8-3-,9-6-,15-14+/t17-,18-,19+,20-,21-/m1/s1. The first-order chi connectivity index (χ1) is 13.4. The molecule has 1 aliphatic rings. The zero-order valence-corrected chi connectivity index (χ0v) is 16.6. The number of rotatable bonds is 13. The molecule has 5 atom stereocenters. The van der Waals surface area contributed by atoms with Crippen LogP contribution in [0.2, 0.25) is 0 Å². The van der Waals surface area contributed by atoms with E-state index in [0.717, 1.165) is 6.42 Å². The van der Waals surface area contributed by atoms with E-state index in [1.807, 2.05) is 43.4 Å². The fourth-order valence-electron chi connectivity index (χ4n) is 2.84. The second-order valence-corrected chi connectivity index (χ2v) is 6.92. The molecule has 0 spiro atoms. The van der Waals surface area contributed by atoms with Crippen molar-refractivity contribution in [1.29, 1.82) is 0 Å². The highest BCUT2D eigenvalue weighted by Crippen LogP contribution is 2.25. The van der Waals surface area contributed by atoms with E-state index in [1.54, 1.807) is 12.2 Å². The Morgan fingerprint density at radius 3 is 2.54 bits per heavy atom. The lowest BCUT2D eigenvalue weighted by atomic mass is 10.0. The van der Waals surface area contributed by atoms with Gasteiger partial charge in [-0.25, -0.2) is 0 Å². The van der Waals surface area contributed by atoms with Gasteiger partial charge in [0, 0.05) is 12.8 Å². The van der Waals surface area contributed by atoms with E-state index in [1.165, 1.54) is 0 Å². The van der Waals surface area contributed by atoms with E-state index in [2.05, 4.69) is 0 Å². The lowest BCUT2D eigenvalue weighted by molar-refractivity contribution is -0.136. The summed E-state index contributed by atoms with van der Waals surface area (Å²) < 4.78 is 5.71. The van der Waals surface area contributed by atoms with E-state index < -0.39 is 36.5 Å². The molecule has 0 radical (unpaired) electrons. The largest absolute Gasteiger partial charge is 0.481 e. The molecule has 0 unspecified atom stereocenters. The van der Waals surface area contributed by atoms with Crippen molar-refractivity contribution >= 4 is 5.97 Å². The molecule has 0 aromatic rings. The minimum Gasteiger partial charge on any atom is -0.481 e. The smallest absolute Gasteiger partial charge is 0.303 e. The number of aliphatic carboxylic acids is 1. The summed E-state index contributed by atoms with van der Waals surface area (Å²) in [6.45, 7) is 2.03. The normalized spacial score (nSPS) is 25.5. The molecule has 1 saturated heterocycles. The molecule has 4 N–H and O–H groups in total. The van der Waals surface area contributed by atoms with Gasteiger partial charge in [0.1, 0.15) is 6.10 Å². The van der Waals surface area contributed by atoms with Gasteiger partial charge in [0.15, 0.2) is 0 Å². The molecule has 28 heavy (non-hydrogen) atoms. The van der Waals surface area contributed by atoms with Crippen molar-refractivity contribution < 1.29 is 30.0 Å². The third-order valence-electron chi connectivity index (χ3n) is 4.42. The maximum absolute atomic E-state index is 10.4. The van der Waals surface area contributed by atoms with Gasteiger partial charge in [0.25, 0.3) is 0 Å². The predicted octanol–water partition coefficient (Wildman–Crippen LogP) is 2.90. The van der Waals surface area contributed by atoms with Crippen LogP contribution in [-0.4, -0.2) is 56.9 Å². The summed E-state index contributed by atoms with van der Waals surface area (Å²) in [6.07, 6.45) is 15.3. The Kier molecular flexibility index (Phi) is 12.4. The molecular formula is C22H34O6. The molecule has 1 rings (SSSR count). The van der Waals surface area contributed by atoms with Gasteiger partial charge in [-0.3, -0.25) is 4.79 Å². The first-order valence-electron chi connectivity index (χ1n) is 9.98. The summed E-state index contributed by atoms with van der Waals surface area (Å²) in [6, 6.07) is 0. The van der Waals surface area contributed by atoms with Crippen LogP contribution in [0, 0.1) is 0 Å². The average Bonchev–Trinajstić information content (AvgIpc) is 3.03. The van der Waals surface area contributed by atoms with E-state index in [-0.39, 0.29) is 6.42 Å². The number of aliphatic hydroxyl groups is 3. The van der Waals surface area contributed by atoms with Crippen molar-refractivity contribution in [1.82, 2.24) is 0 Å². The van der Waals surface area contributed by atoms with Crippen LogP contribution in [0.4, 0.5) is 0 Å². The molecule has 0 aromatic heterocycles. The first kappa shape index (κ1) is 24.3. The second kappa shape index (κ2) is 14.3. The second-order valence-electron chi connectivity index (χ2n) is 6.92. The number of hydrogen-bond acceptors (Lipinski definition) is 5. The van der Waals surface area contributed by atoms with Gasteiger partial charge < -0.3 is 25.2 Å². The van der Waals surface area contributed by atoms with Crippen molar-refractivity contribution in [3.8, 4) is 0 Å². The number of allylic oxidation sites excluding steroid dienone is 4. The van der Waals surface area contributed by atoms with E-state index >= 15 is 0 Å². The number of carboxylic acid groups (broad SMARTS) is 1. The highest BCUT2D eigenvalue weighted by Gasteiger charge is 2.35. The Labute approximate surface area is 167 Å². The van der Waals surface area contributed by atoms with Gasteiger partial charge in [-0.2, -0.15) is 0 Å². The quantitative estimate of drug-likeness (QED) is 0.358. The minimum atomic E-state index is -0.805. The number of carboxylic acids is 1. The summed E-state index contributed by atoms with van der Waals surface area (Å²) >= 11 is 0. The zero-order valence-electron chi connectivity index (χ0n) is 16.6. The summed E-state index contributed by atoms with van der Waals surface area (Å²) in [4.78, 5) is 10.4. The molecule has 0 saturated carbocycles. The topological polar surface area (TPSA) is 107 Å². The molecule has 1 fully saturated rings. The highest BCUT2D eigenvalue weighted by atomic mass is 16.5. The Hall–Kier alpha value is -1.73. The fourth-order valence-corrected chi connectivity index (χ4v) is 2.84. The fraction of sp³-hybridized carbons (Fsp3) is 0.591. The van der Waals surface area contributed by atoms with Crippen molar-refractivity contribution in [2.75, 3.05) is 0 Å². The van der Waals surface area contributed by atoms with Crippen molar-refractivity contribution in [2.24, 2.45) is 0 Å². The van der Waals surface area contributed by atoms with Crippen LogP contribution in [0.25, 0.3) is 0 Å². The molecular weight excluding hydrogens is 360 g/mol. The molecule has 1 aliphatic heterocycles. The van der Waals surface area contributed by atoms with Gasteiger partial charge in [-0.15, -0.1) is 0 Å². The van der Waals surface area contributed by atoms with Crippen LogP contribution in [-0.2, 0) is 9.53 Å². The van der Waals surface area contributed by atoms with Crippen molar-refractivity contribution in [3.05, 3.63) is 48.6 Å². The van der Waals surface area contributed by atoms with Crippen LogP contribution < -0.4 is 0 Å². The SMILES string of the molecule is CC/C=C\C[C@@H](O)[C@H]1C[C@H](O)[C@@H](/C=C/[C@H](O)C/C=C\C/C=C\CCC(=O)O)O1. The van der Waals surface area contributed by atoms with E-state index in [9.17, 15) is 20.1 Å². The maximum atomic E-state index is 10.4. The molecule has 6 heteroatoms. The third kappa shape index (κ3) is 10.6. The van der Waals surface area contributed by atoms with Crippen LogP contribution in [0.3, 0.4) is 0 Å². The van der Waals surface area contributed by atoms with Crippen LogP contribution in [0.1, 0.15) is 51.9 Å². The monoisotopic (exact) mass is 394 g/mol. The van der Waals surface area contributed by atoms with Gasteiger partial charge >= 0.3 is 5.97 Å². The Morgan fingerprint density at radius 1 is 1.11 bits per heavy atom. The maximum Gasteiger partial charge on any atom is 0.303 e. The van der Waals surface area contributed by atoms with Gasteiger partial charge in [-0.05, 0) is 32.1 Å². The molecule has 0 amide bonds. The van der Waals surface area contributed by atoms with Gasteiger partial charge in [-0.1, -0.05) is 55.5 Å². The molecule has 158 valence electrons. The molecule has 1 heterocycles. The summed E-state index contributed by atoms with van der Waals surface area (Å²) in [7, 11) is 0. The Bertz CT molecular complexity index is 551. The minimum absolute atomic E-state index is 0.131. The number of aliphatic hydroxyl groups excluding tert-OH is 3. The third-order valence-corrected chi connectivity index (χ3v) is 4.42. The van der Waals surface area contributed by atoms with E-state index in [4.69, 9.17) is 9.84 Å². The molecule has 0 aliphatic carbocycles. The van der Waals surface area contributed by atoms with Gasteiger partial charge in [0.05, 0.1) is 24.4 Å². The molecule has 0 bridgehead atoms. The Balaban J connectivity index is 2.29. The molecule has 0 aromatic carbocycles. The summed E-state index contributed by atoms with van der Waals surface area (Å²) in [5.41, 5.74) is 0. The molecule has 6 nitrogen and oxygen atoms in total. The average molecular weight is 395 g/mol. The number of ether oxygens (including phenoxy) is 1. The van der Waals surface area contributed by atoms with Crippen LogP contribution in [0.15, 0.2) is 48.6 Å². The van der Waals surface area contributed by atoms with E-state index in [0.29, 0.717) is 32.1 Å². The zero-order chi connectivity index (χ0) is 20.8. The summed E-state index contributed by atoms with van der Waals surface area (Å²) in [5.74, 6) is -0.805. The number of hydrogen-bond donors (Lipinski definition) is 4. The van der Waals surface area contributed by atoms with Crippen molar-refractivity contribution in [2.45, 2.75) is 82.4 Å². The lowest BCUT2D eigenvalue weighted by Gasteiger charge is -2.16. The van der Waals surface area contributed by atoms with Gasteiger partial charge in [0.2, 0.25) is 0 Å². The highest BCUT2D eigenvalue weighted by molar-refractivity contribution is 5.66. The first-order valence-corrected chi connectivity index (χ1v) is 9.98. The summed E-state index contributed by atoms with van der Waals surface area (Å²) in [5, 5.41) is 38.8. The Morgan fingerprint density at radius 2 is 1.82 bits per heavy atom. The lowest BCUT2D eigenvalue weighted by Crippen LogP contribution is -2.25. The van der Waals surface area contributed by atoms with Crippen molar-refractivity contribution in [3.63, 3.8) is 0 Å². The predicted molar refractivity (Wildman–Crippen MR) is 109 cm³/mol. The number of carbonyl (C=O) groups is 1. The van der Waals surface area contributed by atoms with Crippen LogP contribution >= 0.6 is 0 Å². The van der Waals surface area contributed by atoms with Crippen LogP contribution in [0.5, 0.6) is 0 Å².